The number of rotatable bonds is 2. The summed E-state index contributed by atoms with van der Waals surface area (Å²) in [5.41, 5.74) is 2.69. The Kier molecular flexibility index (Phi) is 3.83. The minimum Gasteiger partial charge on any atom is -0.312 e. The van der Waals surface area contributed by atoms with Crippen molar-refractivity contribution in [3.8, 4) is 0 Å². The zero-order chi connectivity index (χ0) is 11.7. The summed E-state index contributed by atoms with van der Waals surface area (Å²) >= 11 is 8.26. The quantitative estimate of drug-likeness (QED) is 0.861. The lowest BCUT2D eigenvalue weighted by molar-refractivity contribution is 0.466. The summed E-state index contributed by atoms with van der Waals surface area (Å²) in [6.07, 6.45) is 0. The summed E-state index contributed by atoms with van der Waals surface area (Å²) in [5.74, 6) is 1.71. The van der Waals surface area contributed by atoms with Gasteiger partial charge in [0.15, 0.2) is 0 Å². The van der Waals surface area contributed by atoms with Crippen molar-refractivity contribution in [2.24, 2.45) is 5.92 Å². The lowest BCUT2D eigenvalue weighted by Crippen LogP contribution is -2.34. The molecule has 0 saturated heterocycles. The minimum absolute atomic E-state index is 0.424. The van der Waals surface area contributed by atoms with Gasteiger partial charge in [0.25, 0.3) is 0 Å². The van der Waals surface area contributed by atoms with E-state index < -0.39 is 0 Å². The molecule has 16 heavy (non-hydrogen) atoms. The van der Waals surface area contributed by atoms with Crippen LogP contribution in [-0.2, 0) is 5.75 Å². The van der Waals surface area contributed by atoms with Gasteiger partial charge in [-0.25, -0.2) is 0 Å². The van der Waals surface area contributed by atoms with Gasteiger partial charge in [-0.05, 0) is 30.2 Å². The average Bonchev–Trinajstić information content (AvgIpc) is 2.27. The fourth-order valence-corrected chi connectivity index (χ4v) is 4.24. The van der Waals surface area contributed by atoms with Crippen LogP contribution >= 0.6 is 23.4 Å². The van der Waals surface area contributed by atoms with E-state index in [1.54, 1.807) is 0 Å². The Morgan fingerprint density at radius 3 is 2.81 bits per heavy atom. The molecule has 1 nitrogen and oxygen atoms in total. The molecule has 1 N–H and O–H groups in total. The molecule has 1 aromatic carbocycles. The van der Waals surface area contributed by atoms with Gasteiger partial charge in [0, 0.05) is 22.1 Å². The maximum absolute atomic E-state index is 6.25. The van der Waals surface area contributed by atoms with E-state index in [2.05, 4.69) is 31.3 Å². The van der Waals surface area contributed by atoms with Gasteiger partial charge >= 0.3 is 0 Å². The first-order valence-electron chi connectivity index (χ1n) is 5.71. The van der Waals surface area contributed by atoms with Gasteiger partial charge in [0.1, 0.15) is 0 Å². The summed E-state index contributed by atoms with van der Waals surface area (Å²) in [6, 6.07) is 6.67. The van der Waals surface area contributed by atoms with Crippen LogP contribution in [0.1, 0.15) is 31.0 Å². The number of thioether (sulfide) groups is 1. The molecule has 1 heterocycles. The maximum atomic E-state index is 6.25. The number of benzene rings is 1. The third kappa shape index (κ3) is 2.11. The van der Waals surface area contributed by atoms with Gasteiger partial charge in [0.05, 0.1) is 0 Å². The molecule has 0 saturated carbocycles. The van der Waals surface area contributed by atoms with E-state index in [9.17, 15) is 0 Å². The van der Waals surface area contributed by atoms with Crippen molar-refractivity contribution in [1.82, 2.24) is 5.32 Å². The monoisotopic (exact) mass is 255 g/mol. The molecule has 2 atom stereocenters. The third-order valence-electron chi connectivity index (χ3n) is 3.21. The van der Waals surface area contributed by atoms with Crippen molar-refractivity contribution in [2.75, 3.05) is 7.05 Å². The van der Waals surface area contributed by atoms with Crippen molar-refractivity contribution >= 4 is 23.4 Å². The Morgan fingerprint density at radius 1 is 1.44 bits per heavy atom. The third-order valence-corrected chi connectivity index (χ3v) is 5.22. The highest BCUT2D eigenvalue weighted by molar-refractivity contribution is 7.99. The molecule has 0 aliphatic carbocycles. The molecule has 0 radical (unpaired) electrons. The molecule has 1 aliphatic rings. The molecular weight excluding hydrogens is 238 g/mol. The van der Waals surface area contributed by atoms with Crippen LogP contribution in [0.2, 0.25) is 5.02 Å². The second-order valence-corrected chi connectivity index (χ2v) is 6.17. The highest BCUT2D eigenvalue weighted by atomic mass is 35.5. The predicted octanol–water partition coefficient (Wildman–Crippen LogP) is 3.87. The molecule has 0 amide bonds. The standard InChI is InChI=1S/C13H18ClNS/c1-8(2)13-12(15-3)9-5-4-6-11(14)10(9)7-16-13/h4-6,8,12-13,15H,7H2,1-3H3. The lowest BCUT2D eigenvalue weighted by atomic mass is 9.93. The van der Waals surface area contributed by atoms with Crippen molar-refractivity contribution in [3.05, 3.63) is 34.3 Å². The molecule has 3 heteroatoms. The van der Waals surface area contributed by atoms with Crippen molar-refractivity contribution in [1.29, 1.82) is 0 Å². The molecule has 2 unspecified atom stereocenters. The van der Waals surface area contributed by atoms with Crippen LogP contribution < -0.4 is 5.32 Å². The van der Waals surface area contributed by atoms with Gasteiger partial charge in [-0.3, -0.25) is 0 Å². The fourth-order valence-electron chi connectivity index (χ4n) is 2.37. The second-order valence-electron chi connectivity index (χ2n) is 4.59. The van der Waals surface area contributed by atoms with Crippen LogP contribution in [0, 0.1) is 5.92 Å². The molecule has 88 valence electrons. The van der Waals surface area contributed by atoms with Crippen LogP contribution in [0.5, 0.6) is 0 Å². The smallest absolute Gasteiger partial charge is 0.0449 e. The van der Waals surface area contributed by atoms with E-state index in [0.717, 1.165) is 10.8 Å². The Balaban J connectivity index is 2.41. The minimum atomic E-state index is 0.424. The van der Waals surface area contributed by atoms with E-state index in [1.807, 2.05) is 24.9 Å². The zero-order valence-corrected chi connectivity index (χ0v) is 11.5. The Morgan fingerprint density at radius 2 is 2.19 bits per heavy atom. The predicted molar refractivity (Wildman–Crippen MR) is 73.2 cm³/mol. The van der Waals surface area contributed by atoms with E-state index >= 15 is 0 Å². The number of nitrogens with one attached hydrogen (secondary N) is 1. The Bertz CT molecular complexity index is 378. The number of fused-ring (bicyclic) bond motifs is 1. The maximum Gasteiger partial charge on any atom is 0.0449 e. The van der Waals surface area contributed by atoms with Gasteiger partial charge in [-0.15, -0.1) is 0 Å². The number of hydrogen-bond donors (Lipinski definition) is 1. The summed E-state index contributed by atoms with van der Waals surface area (Å²) in [7, 11) is 2.04. The Hall–Kier alpha value is -0.180. The van der Waals surface area contributed by atoms with Gasteiger partial charge in [0.2, 0.25) is 0 Å². The normalized spacial score (nSPS) is 24.6. The van der Waals surface area contributed by atoms with Crippen LogP contribution in [0.3, 0.4) is 0 Å². The van der Waals surface area contributed by atoms with E-state index in [-0.39, 0.29) is 0 Å². The molecule has 0 bridgehead atoms. The van der Waals surface area contributed by atoms with E-state index in [1.165, 1.54) is 11.1 Å². The summed E-state index contributed by atoms with van der Waals surface area (Å²) in [6.45, 7) is 4.58. The summed E-state index contributed by atoms with van der Waals surface area (Å²) < 4.78 is 0. The summed E-state index contributed by atoms with van der Waals surface area (Å²) in [4.78, 5) is 0. The van der Waals surface area contributed by atoms with Crippen molar-refractivity contribution in [3.63, 3.8) is 0 Å². The van der Waals surface area contributed by atoms with E-state index in [4.69, 9.17) is 11.6 Å². The SMILES string of the molecule is CNC1c2cccc(Cl)c2CSC1C(C)C. The van der Waals surface area contributed by atoms with Crippen LogP contribution in [-0.4, -0.2) is 12.3 Å². The van der Waals surface area contributed by atoms with Crippen molar-refractivity contribution in [2.45, 2.75) is 30.9 Å². The number of halogens is 1. The average molecular weight is 256 g/mol. The molecule has 0 fully saturated rings. The van der Waals surface area contributed by atoms with Gasteiger partial charge in [-0.1, -0.05) is 37.6 Å². The second kappa shape index (κ2) is 4.99. The van der Waals surface area contributed by atoms with Gasteiger partial charge in [-0.2, -0.15) is 11.8 Å². The van der Waals surface area contributed by atoms with Crippen LogP contribution in [0.15, 0.2) is 18.2 Å². The first-order chi connectivity index (χ1) is 7.65. The Labute approximate surface area is 107 Å². The van der Waals surface area contributed by atoms with Crippen LogP contribution in [0.4, 0.5) is 0 Å². The van der Waals surface area contributed by atoms with Gasteiger partial charge < -0.3 is 5.32 Å². The highest BCUT2D eigenvalue weighted by Crippen LogP contribution is 2.42. The fraction of sp³-hybridized carbons (Fsp3) is 0.538. The van der Waals surface area contributed by atoms with Crippen molar-refractivity contribution < 1.29 is 0 Å². The highest BCUT2D eigenvalue weighted by Gasteiger charge is 2.31. The first-order valence-corrected chi connectivity index (χ1v) is 7.14. The molecule has 2 rings (SSSR count). The lowest BCUT2D eigenvalue weighted by Gasteiger charge is -2.35. The zero-order valence-electron chi connectivity index (χ0n) is 9.96. The molecule has 1 aliphatic heterocycles. The largest absolute Gasteiger partial charge is 0.312 e. The first kappa shape index (κ1) is 12.3. The van der Waals surface area contributed by atoms with E-state index in [0.29, 0.717) is 17.2 Å². The topological polar surface area (TPSA) is 12.0 Å². The molecular formula is C13H18ClNS. The molecule has 0 aromatic heterocycles. The summed E-state index contributed by atoms with van der Waals surface area (Å²) in [5, 5.41) is 4.98. The number of hydrogen-bond acceptors (Lipinski definition) is 2. The van der Waals surface area contributed by atoms with Crippen LogP contribution in [0.25, 0.3) is 0 Å². The molecule has 0 spiro atoms. The molecule has 1 aromatic rings.